The SMILES string of the molecule is CC(C)C(=O)N1CCN([C@H](C)C(=O)Nc2ccc(OC(F)(F)F)cc2)CC1. The van der Waals surface area contributed by atoms with Crippen LogP contribution in [0.3, 0.4) is 0 Å². The van der Waals surface area contributed by atoms with Gasteiger partial charge in [-0.3, -0.25) is 14.5 Å². The Balaban J connectivity index is 1.86. The third-order valence-corrected chi connectivity index (χ3v) is 4.40. The zero-order valence-electron chi connectivity index (χ0n) is 15.5. The van der Waals surface area contributed by atoms with Crippen molar-refractivity contribution in [3.05, 3.63) is 24.3 Å². The molecule has 6 nitrogen and oxygen atoms in total. The third kappa shape index (κ3) is 6.13. The molecule has 0 bridgehead atoms. The average Bonchev–Trinajstić information content (AvgIpc) is 2.61. The summed E-state index contributed by atoms with van der Waals surface area (Å²) in [4.78, 5) is 28.2. The minimum atomic E-state index is -4.75. The Labute approximate surface area is 156 Å². The molecular weight excluding hydrogens is 363 g/mol. The number of nitrogens with zero attached hydrogens (tertiary/aromatic N) is 2. The molecule has 1 N–H and O–H groups in total. The summed E-state index contributed by atoms with van der Waals surface area (Å²) in [5.41, 5.74) is 0.384. The molecule has 9 heteroatoms. The van der Waals surface area contributed by atoms with E-state index in [4.69, 9.17) is 0 Å². The highest BCUT2D eigenvalue weighted by Crippen LogP contribution is 2.24. The molecule has 0 aliphatic carbocycles. The standard InChI is InChI=1S/C18H24F3N3O3/c1-12(2)17(26)24-10-8-23(9-11-24)13(3)16(25)22-14-4-6-15(7-5-14)27-18(19,20)21/h4-7,12-13H,8-11H2,1-3H3,(H,22,25)/t13-/m1/s1. The molecule has 27 heavy (non-hydrogen) atoms. The molecule has 2 rings (SSSR count). The number of carbonyl (C=O) groups is 2. The van der Waals surface area contributed by atoms with E-state index in [0.717, 1.165) is 12.1 Å². The van der Waals surface area contributed by atoms with Crippen LogP contribution in [0.25, 0.3) is 0 Å². The van der Waals surface area contributed by atoms with Crippen molar-refractivity contribution in [3.8, 4) is 5.75 Å². The second kappa shape index (κ2) is 8.60. The fourth-order valence-corrected chi connectivity index (χ4v) is 2.85. The fourth-order valence-electron chi connectivity index (χ4n) is 2.85. The number of halogens is 3. The number of alkyl halides is 3. The lowest BCUT2D eigenvalue weighted by atomic mass is 10.1. The van der Waals surface area contributed by atoms with Gasteiger partial charge in [0.05, 0.1) is 6.04 Å². The van der Waals surface area contributed by atoms with Crippen molar-refractivity contribution in [3.63, 3.8) is 0 Å². The van der Waals surface area contributed by atoms with Gasteiger partial charge in [-0.1, -0.05) is 13.8 Å². The molecule has 150 valence electrons. The minimum absolute atomic E-state index is 0.0541. The summed E-state index contributed by atoms with van der Waals surface area (Å²) in [5.74, 6) is -0.558. The topological polar surface area (TPSA) is 61.9 Å². The molecule has 1 aliphatic rings. The molecule has 1 fully saturated rings. The maximum Gasteiger partial charge on any atom is 0.573 e. The van der Waals surface area contributed by atoms with Crippen LogP contribution < -0.4 is 10.1 Å². The summed E-state index contributed by atoms with van der Waals surface area (Å²) in [6.07, 6.45) is -4.75. The van der Waals surface area contributed by atoms with E-state index in [1.54, 1.807) is 11.8 Å². The van der Waals surface area contributed by atoms with Gasteiger partial charge >= 0.3 is 6.36 Å². The molecule has 1 aromatic rings. The lowest BCUT2D eigenvalue weighted by Crippen LogP contribution is -2.54. The van der Waals surface area contributed by atoms with Crippen LogP contribution >= 0.6 is 0 Å². The van der Waals surface area contributed by atoms with Crippen LogP contribution in [-0.4, -0.2) is 60.2 Å². The monoisotopic (exact) mass is 387 g/mol. The summed E-state index contributed by atoms with van der Waals surface area (Å²) in [5, 5.41) is 2.68. The van der Waals surface area contributed by atoms with Crippen molar-refractivity contribution < 1.29 is 27.5 Å². The number of benzene rings is 1. The summed E-state index contributed by atoms with van der Waals surface area (Å²) < 4.78 is 40.3. The minimum Gasteiger partial charge on any atom is -0.406 e. The number of hydrogen-bond donors (Lipinski definition) is 1. The molecule has 0 saturated carbocycles. The van der Waals surface area contributed by atoms with Gasteiger partial charge in [0.25, 0.3) is 0 Å². The Morgan fingerprint density at radius 1 is 1.04 bits per heavy atom. The molecule has 0 spiro atoms. The second-order valence-corrected chi connectivity index (χ2v) is 6.75. The maximum absolute atomic E-state index is 12.4. The van der Waals surface area contributed by atoms with E-state index in [9.17, 15) is 22.8 Å². The van der Waals surface area contributed by atoms with E-state index in [2.05, 4.69) is 10.1 Å². The predicted molar refractivity (Wildman–Crippen MR) is 94.2 cm³/mol. The molecule has 1 heterocycles. The number of carbonyl (C=O) groups excluding carboxylic acids is 2. The van der Waals surface area contributed by atoms with Gasteiger partial charge < -0.3 is 15.0 Å². The Hall–Kier alpha value is -2.29. The van der Waals surface area contributed by atoms with E-state index in [-0.39, 0.29) is 23.5 Å². The van der Waals surface area contributed by atoms with Gasteiger partial charge in [0, 0.05) is 37.8 Å². The van der Waals surface area contributed by atoms with Gasteiger partial charge in [0.2, 0.25) is 11.8 Å². The highest BCUT2D eigenvalue weighted by Gasteiger charge is 2.31. The lowest BCUT2D eigenvalue weighted by molar-refractivity contribution is -0.274. The Morgan fingerprint density at radius 2 is 1.59 bits per heavy atom. The summed E-state index contributed by atoms with van der Waals surface area (Å²) in [6.45, 7) is 7.79. The molecule has 1 atom stereocenters. The highest BCUT2D eigenvalue weighted by molar-refractivity contribution is 5.94. The second-order valence-electron chi connectivity index (χ2n) is 6.75. The first-order valence-electron chi connectivity index (χ1n) is 8.76. The van der Waals surface area contributed by atoms with Crippen LogP contribution in [0.2, 0.25) is 0 Å². The van der Waals surface area contributed by atoms with Crippen LogP contribution in [0.15, 0.2) is 24.3 Å². The molecule has 0 radical (unpaired) electrons. The van der Waals surface area contributed by atoms with Crippen molar-refractivity contribution in [2.45, 2.75) is 33.2 Å². The molecule has 2 amide bonds. The number of anilines is 1. The lowest BCUT2D eigenvalue weighted by Gasteiger charge is -2.38. The predicted octanol–water partition coefficient (Wildman–Crippen LogP) is 2.71. The van der Waals surface area contributed by atoms with Gasteiger partial charge in [-0.15, -0.1) is 13.2 Å². The number of ether oxygens (including phenoxy) is 1. The van der Waals surface area contributed by atoms with Crippen molar-refractivity contribution >= 4 is 17.5 Å². The molecule has 1 saturated heterocycles. The van der Waals surface area contributed by atoms with Crippen LogP contribution in [-0.2, 0) is 9.59 Å². The molecular formula is C18H24F3N3O3. The molecule has 1 aliphatic heterocycles. The first kappa shape index (κ1) is 21.0. The van der Waals surface area contributed by atoms with Gasteiger partial charge in [-0.05, 0) is 31.2 Å². The number of amides is 2. The van der Waals surface area contributed by atoms with Crippen molar-refractivity contribution in [1.82, 2.24) is 9.80 Å². The van der Waals surface area contributed by atoms with Crippen molar-refractivity contribution in [1.29, 1.82) is 0 Å². The third-order valence-electron chi connectivity index (χ3n) is 4.40. The zero-order valence-corrected chi connectivity index (χ0v) is 15.5. The Bertz CT molecular complexity index is 654. The molecule has 0 unspecified atom stereocenters. The summed E-state index contributed by atoms with van der Waals surface area (Å²) in [7, 11) is 0. The first-order valence-corrected chi connectivity index (χ1v) is 8.76. The van der Waals surface area contributed by atoms with Crippen LogP contribution in [0.1, 0.15) is 20.8 Å². The van der Waals surface area contributed by atoms with Crippen LogP contribution in [0.4, 0.5) is 18.9 Å². The zero-order chi connectivity index (χ0) is 20.2. The van der Waals surface area contributed by atoms with Gasteiger partial charge in [0.1, 0.15) is 5.75 Å². The number of piperazine rings is 1. The summed E-state index contributed by atoms with van der Waals surface area (Å²) in [6, 6.07) is 4.57. The molecule has 1 aromatic carbocycles. The van der Waals surface area contributed by atoms with E-state index in [1.165, 1.54) is 12.1 Å². The maximum atomic E-state index is 12.4. The van der Waals surface area contributed by atoms with E-state index in [0.29, 0.717) is 31.9 Å². The summed E-state index contributed by atoms with van der Waals surface area (Å²) >= 11 is 0. The number of nitrogens with one attached hydrogen (secondary N) is 1. The smallest absolute Gasteiger partial charge is 0.406 e. The largest absolute Gasteiger partial charge is 0.573 e. The fraction of sp³-hybridized carbons (Fsp3) is 0.556. The van der Waals surface area contributed by atoms with Gasteiger partial charge in [-0.2, -0.15) is 0 Å². The first-order chi connectivity index (χ1) is 12.6. The van der Waals surface area contributed by atoms with Crippen LogP contribution in [0, 0.1) is 5.92 Å². The van der Waals surface area contributed by atoms with Crippen molar-refractivity contribution in [2.24, 2.45) is 5.92 Å². The normalized spacial score (nSPS) is 16.9. The van der Waals surface area contributed by atoms with E-state index in [1.807, 2.05) is 18.7 Å². The Kier molecular flexibility index (Phi) is 6.69. The quantitative estimate of drug-likeness (QED) is 0.844. The molecule has 0 aromatic heterocycles. The highest BCUT2D eigenvalue weighted by atomic mass is 19.4. The number of rotatable bonds is 5. The van der Waals surface area contributed by atoms with Crippen LogP contribution in [0.5, 0.6) is 5.75 Å². The van der Waals surface area contributed by atoms with Crippen molar-refractivity contribution in [2.75, 3.05) is 31.5 Å². The van der Waals surface area contributed by atoms with E-state index < -0.39 is 12.4 Å². The van der Waals surface area contributed by atoms with E-state index >= 15 is 0 Å². The Morgan fingerprint density at radius 3 is 2.07 bits per heavy atom. The average molecular weight is 387 g/mol. The van der Waals surface area contributed by atoms with Gasteiger partial charge in [0.15, 0.2) is 0 Å². The number of hydrogen-bond acceptors (Lipinski definition) is 4. The van der Waals surface area contributed by atoms with Gasteiger partial charge in [-0.25, -0.2) is 0 Å².